The van der Waals surface area contributed by atoms with Gasteiger partial charge in [0.25, 0.3) is 0 Å². The molecule has 0 aliphatic carbocycles. The van der Waals surface area contributed by atoms with Crippen molar-refractivity contribution in [2.45, 2.75) is 25.4 Å². The summed E-state index contributed by atoms with van der Waals surface area (Å²) >= 11 is 0. The average Bonchev–Trinajstić information content (AvgIpc) is 2.30. The highest BCUT2D eigenvalue weighted by Gasteiger charge is 2.08. The average molecular weight is 218 g/mol. The van der Waals surface area contributed by atoms with Crippen molar-refractivity contribution >= 4 is 0 Å². The third-order valence-corrected chi connectivity index (χ3v) is 2.45. The van der Waals surface area contributed by atoms with Crippen molar-refractivity contribution in [2.75, 3.05) is 13.1 Å². The summed E-state index contributed by atoms with van der Waals surface area (Å²) < 4.78 is 0. The highest BCUT2D eigenvalue weighted by Crippen LogP contribution is 2.12. The molecule has 1 rings (SSSR count). The fraction of sp³-hybridized carbons (Fsp3) is 0.462. The van der Waals surface area contributed by atoms with E-state index in [9.17, 15) is 0 Å². The molecule has 0 saturated carbocycles. The molecule has 0 radical (unpaired) electrons. The van der Waals surface area contributed by atoms with Crippen LogP contribution in [0.2, 0.25) is 0 Å². The van der Waals surface area contributed by atoms with Crippen LogP contribution in [0.4, 0.5) is 0 Å². The second-order valence-electron chi connectivity index (χ2n) is 3.93. The van der Waals surface area contributed by atoms with E-state index in [1.165, 1.54) is 0 Å². The molecule has 0 aliphatic heterocycles. The van der Waals surface area contributed by atoms with Gasteiger partial charge in [-0.1, -0.05) is 30.3 Å². The zero-order chi connectivity index (χ0) is 11.8. The minimum atomic E-state index is -0.287. The van der Waals surface area contributed by atoms with Crippen molar-refractivity contribution in [1.82, 2.24) is 5.32 Å². The summed E-state index contributed by atoms with van der Waals surface area (Å²) in [5.74, 6) is -0.116. The molecule has 0 bridgehead atoms. The molecule has 3 heteroatoms. The maximum atomic E-state index is 9.09. The lowest BCUT2D eigenvalue weighted by Gasteiger charge is -2.11. The Bertz CT molecular complexity index is 330. The molecule has 2 atom stereocenters. The Morgan fingerprint density at radius 1 is 1.38 bits per heavy atom. The molecule has 2 unspecified atom stereocenters. The Balaban J connectivity index is 2.37. The van der Waals surface area contributed by atoms with Gasteiger partial charge in [-0.05, 0) is 25.5 Å². The summed E-state index contributed by atoms with van der Waals surface area (Å²) in [6.07, 6.45) is 0.428. The summed E-state index contributed by atoms with van der Waals surface area (Å²) in [6, 6.07) is 12.0. The van der Waals surface area contributed by atoms with Gasteiger partial charge in [-0.2, -0.15) is 5.26 Å². The van der Waals surface area contributed by atoms with Crippen LogP contribution in [-0.2, 0) is 0 Å². The van der Waals surface area contributed by atoms with Crippen LogP contribution in [0.15, 0.2) is 30.3 Å². The van der Waals surface area contributed by atoms with E-state index in [0.717, 1.165) is 12.1 Å². The number of nitriles is 1. The van der Waals surface area contributed by atoms with E-state index >= 15 is 0 Å². The maximum absolute atomic E-state index is 9.09. The number of hydrogen-bond acceptors (Lipinski definition) is 3. The van der Waals surface area contributed by atoms with Crippen molar-refractivity contribution in [3.8, 4) is 6.07 Å². The molecular formula is C13H18N2O. The lowest BCUT2D eigenvalue weighted by atomic mass is 10.0. The van der Waals surface area contributed by atoms with Gasteiger partial charge in [-0.15, -0.1) is 0 Å². The van der Waals surface area contributed by atoms with Gasteiger partial charge >= 0.3 is 0 Å². The quantitative estimate of drug-likeness (QED) is 0.714. The number of nitrogens with one attached hydrogen (secondary N) is 1. The van der Waals surface area contributed by atoms with E-state index in [2.05, 4.69) is 11.4 Å². The maximum Gasteiger partial charge on any atom is 0.0837 e. The molecular weight excluding hydrogens is 200 g/mol. The predicted octanol–water partition coefficient (Wildman–Crippen LogP) is 1.65. The minimum Gasteiger partial charge on any atom is -0.393 e. The molecule has 16 heavy (non-hydrogen) atoms. The largest absolute Gasteiger partial charge is 0.393 e. The number of hydrogen-bond donors (Lipinski definition) is 2. The van der Waals surface area contributed by atoms with Crippen LogP contribution in [-0.4, -0.2) is 24.3 Å². The first-order valence-corrected chi connectivity index (χ1v) is 5.57. The monoisotopic (exact) mass is 218 g/mol. The third kappa shape index (κ3) is 4.43. The van der Waals surface area contributed by atoms with Crippen molar-refractivity contribution in [3.63, 3.8) is 0 Å². The van der Waals surface area contributed by atoms with Gasteiger partial charge in [0, 0.05) is 6.54 Å². The van der Waals surface area contributed by atoms with Crippen LogP contribution >= 0.6 is 0 Å². The zero-order valence-corrected chi connectivity index (χ0v) is 9.56. The predicted molar refractivity (Wildman–Crippen MR) is 64.0 cm³/mol. The molecule has 0 aromatic heterocycles. The summed E-state index contributed by atoms with van der Waals surface area (Å²) in [4.78, 5) is 0. The molecule has 0 spiro atoms. The number of aliphatic hydroxyl groups excluding tert-OH is 1. The van der Waals surface area contributed by atoms with Crippen molar-refractivity contribution in [2.24, 2.45) is 0 Å². The molecule has 0 fully saturated rings. The lowest BCUT2D eigenvalue weighted by Crippen LogP contribution is -2.24. The summed E-state index contributed by atoms with van der Waals surface area (Å²) in [5, 5.41) is 21.3. The Morgan fingerprint density at radius 3 is 2.62 bits per heavy atom. The summed E-state index contributed by atoms with van der Waals surface area (Å²) in [5.41, 5.74) is 1.04. The first-order chi connectivity index (χ1) is 7.74. The third-order valence-electron chi connectivity index (χ3n) is 2.45. The molecule has 3 nitrogen and oxygen atoms in total. The van der Waals surface area contributed by atoms with Crippen molar-refractivity contribution in [1.29, 1.82) is 5.26 Å². The Kier molecular flexibility index (Phi) is 5.55. The van der Waals surface area contributed by atoms with Gasteiger partial charge in [0.15, 0.2) is 0 Å². The molecule has 0 saturated heterocycles. The van der Waals surface area contributed by atoms with Gasteiger partial charge in [0.1, 0.15) is 0 Å². The van der Waals surface area contributed by atoms with E-state index in [0.29, 0.717) is 13.0 Å². The van der Waals surface area contributed by atoms with Gasteiger partial charge in [0.2, 0.25) is 0 Å². The summed E-state index contributed by atoms with van der Waals surface area (Å²) in [7, 11) is 0. The van der Waals surface area contributed by atoms with Crippen LogP contribution in [0.5, 0.6) is 0 Å². The Hall–Kier alpha value is -1.37. The molecule has 2 N–H and O–H groups in total. The number of rotatable bonds is 6. The van der Waals surface area contributed by atoms with Crippen molar-refractivity contribution < 1.29 is 5.11 Å². The fourth-order valence-corrected chi connectivity index (χ4v) is 1.48. The number of nitrogens with zero attached hydrogens (tertiary/aromatic N) is 1. The standard InChI is InChI=1S/C13H18N2O/c1-11(16)7-8-15-10-13(9-14)12-5-3-2-4-6-12/h2-6,11,13,15-16H,7-8,10H2,1H3. The molecule has 0 aliphatic rings. The van der Waals surface area contributed by atoms with Crippen LogP contribution in [0.25, 0.3) is 0 Å². The summed E-state index contributed by atoms with van der Waals surface area (Å²) in [6.45, 7) is 3.14. The smallest absolute Gasteiger partial charge is 0.0837 e. The van der Waals surface area contributed by atoms with Gasteiger partial charge in [-0.25, -0.2) is 0 Å². The Morgan fingerprint density at radius 2 is 2.06 bits per heavy atom. The van der Waals surface area contributed by atoms with Crippen LogP contribution in [0.3, 0.4) is 0 Å². The highest BCUT2D eigenvalue weighted by molar-refractivity contribution is 5.24. The van der Waals surface area contributed by atoms with Gasteiger partial charge in [-0.3, -0.25) is 0 Å². The first-order valence-electron chi connectivity index (χ1n) is 5.57. The van der Waals surface area contributed by atoms with E-state index in [-0.39, 0.29) is 12.0 Å². The van der Waals surface area contributed by atoms with Crippen LogP contribution < -0.4 is 5.32 Å². The van der Waals surface area contributed by atoms with E-state index < -0.39 is 0 Å². The topological polar surface area (TPSA) is 56.0 Å². The second-order valence-corrected chi connectivity index (χ2v) is 3.93. The Labute approximate surface area is 96.7 Å². The van der Waals surface area contributed by atoms with Gasteiger partial charge in [0.05, 0.1) is 18.1 Å². The SMILES string of the molecule is CC(O)CCNCC(C#N)c1ccccc1. The fourth-order valence-electron chi connectivity index (χ4n) is 1.48. The zero-order valence-electron chi connectivity index (χ0n) is 9.56. The molecule has 1 aromatic carbocycles. The normalized spacial score (nSPS) is 14.1. The molecule has 0 amide bonds. The minimum absolute atomic E-state index is 0.116. The number of benzene rings is 1. The van der Waals surface area contributed by atoms with E-state index in [1.54, 1.807) is 6.92 Å². The van der Waals surface area contributed by atoms with E-state index in [1.807, 2.05) is 30.3 Å². The van der Waals surface area contributed by atoms with E-state index in [4.69, 9.17) is 10.4 Å². The lowest BCUT2D eigenvalue weighted by molar-refractivity contribution is 0.184. The van der Waals surface area contributed by atoms with Crippen molar-refractivity contribution in [3.05, 3.63) is 35.9 Å². The number of aliphatic hydroxyl groups is 1. The molecule has 86 valence electrons. The van der Waals surface area contributed by atoms with Crippen LogP contribution in [0, 0.1) is 11.3 Å². The van der Waals surface area contributed by atoms with Gasteiger partial charge < -0.3 is 10.4 Å². The molecule has 0 heterocycles. The second kappa shape index (κ2) is 7.00. The molecule has 1 aromatic rings. The first kappa shape index (κ1) is 12.7. The van der Waals surface area contributed by atoms with Crippen LogP contribution in [0.1, 0.15) is 24.8 Å². The highest BCUT2D eigenvalue weighted by atomic mass is 16.3.